The lowest BCUT2D eigenvalue weighted by atomic mass is 10.1. The highest BCUT2D eigenvalue weighted by molar-refractivity contribution is 7.88. The van der Waals surface area contributed by atoms with Crippen LogP contribution in [-0.2, 0) is 16.6 Å². The standard InChI is InChI=1S/C17H26F2N4O4S/c1-20-17(21-9-12-6-7-23(11-12)28(3,24)25)22-10-13-8-14(26-2)4-5-15(13)27-16(18)19/h4-5,8,12,16H,6-7,9-11H2,1-3H3,(H2,20,21,22). The Morgan fingerprint density at radius 2 is 2.14 bits per heavy atom. The summed E-state index contributed by atoms with van der Waals surface area (Å²) in [4.78, 5) is 4.11. The van der Waals surface area contributed by atoms with Crippen LogP contribution in [-0.4, -0.2) is 65.3 Å². The van der Waals surface area contributed by atoms with Crippen molar-refractivity contribution in [3.8, 4) is 11.5 Å². The molecular formula is C17H26F2N4O4S. The molecule has 2 rings (SSSR count). The topological polar surface area (TPSA) is 92.3 Å². The van der Waals surface area contributed by atoms with Gasteiger partial charge in [0.25, 0.3) is 0 Å². The number of guanidine groups is 1. The van der Waals surface area contributed by atoms with Crippen LogP contribution in [0.1, 0.15) is 12.0 Å². The van der Waals surface area contributed by atoms with Crippen molar-refractivity contribution in [1.82, 2.24) is 14.9 Å². The zero-order valence-corrected chi connectivity index (χ0v) is 16.9. The average Bonchev–Trinajstić information content (AvgIpc) is 3.12. The Morgan fingerprint density at radius 1 is 1.39 bits per heavy atom. The smallest absolute Gasteiger partial charge is 0.387 e. The van der Waals surface area contributed by atoms with Gasteiger partial charge in [-0.3, -0.25) is 4.99 Å². The van der Waals surface area contributed by atoms with Gasteiger partial charge in [-0.15, -0.1) is 0 Å². The number of ether oxygens (including phenoxy) is 2. The first kappa shape index (κ1) is 22.2. The Hall–Kier alpha value is -2.14. The van der Waals surface area contributed by atoms with E-state index in [1.54, 1.807) is 19.2 Å². The van der Waals surface area contributed by atoms with Crippen LogP contribution in [0.15, 0.2) is 23.2 Å². The van der Waals surface area contributed by atoms with Crippen molar-refractivity contribution < 1.29 is 26.7 Å². The summed E-state index contributed by atoms with van der Waals surface area (Å²) in [5.41, 5.74) is 0.492. The Balaban J connectivity index is 1.92. The summed E-state index contributed by atoms with van der Waals surface area (Å²) in [6.07, 6.45) is 1.97. The number of nitrogens with one attached hydrogen (secondary N) is 2. The Kier molecular flexibility index (Phi) is 7.81. The molecule has 1 unspecified atom stereocenters. The van der Waals surface area contributed by atoms with E-state index in [9.17, 15) is 17.2 Å². The number of hydrogen-bond donors (Lipinski definition) is 2. The lowest BCUT2D eigenvalue weighted by Crippen LogP contribution is -2.40. The van der Waals surface area contributed by atoms with Gasteiger partial charge in [0.15, 0.2) is 5.96 Å². The summed E-state index contributed by atoms with van der Waals surface area (Å²) in [5, 5.41) is 6.18. The predicted octanol–water partition coefficient (Wildman–Crippen LogP) is 1.24. The van der Waals surface area contributed by atoms with Gasteiger partial charge in [-0.25, -0.2) is 12.7 Å². The zero-order valence-electron chi connectivity index (χ0n) is 16.1. The molecule has 0 spiro atoms. The van der Waals surface area contributed by atoms with Crippen LogP contribution in [0.4, 0.5) is 8.78 Å². The summed E-state index contributed by atoms with van der Waals surface area (Å²) < 4.78 is 59.5. The van der Waals surface area contributed by atoms with E-state index in [1.165, 1.54) is 23.7 Å². The van der Waals surface area contributed by atoms with Crippen molar-refractivity contribution in [1.29, 1.82) is 0 Å². The predicted molar refractivity (Wildman–Crippen MR) is 102 cm³/mol. The van der Waals surface area contributed by atoms with Crippen molar-refractivity contribution in [3.05, 3.63) is 23.8 Å². The maximum absolute atomic E-state index is 12.6. The van der Waals surface area contributed by atoms with E-state index in [1.807, 2.05) is 0 Å². The molecule has 2 N–H and O–H groups in total. The molecule has 1 aromatic carbocycles. The molecule has 0 saturated carbocycles. The van der Waals surface area contributed by atoms with Crippen LogP contribution in [0, 0.1) is 5.92 Å². The third kappa shape index (κ3) is 6.48. The van der Waals surface area contributed by atoms with Crippen molar-refractivity contribution in [2.75, 3.05) is 40.0 Å². The van der Waals surface area contributed by atoms with Gasteiger partial charge in [-0.1, -0.05) is 0 Å². The first-order chi connectivity index (χ1) is 13.2. The van der Waals surface area contributed by atoms with Gasteiger partial charge in [0.1, 0.15) is 11.5 Å². The van der Waals surface area contributed by atoms with Crippen molar-refractivity contribution in [2.24, 2.45) is 10.9 Å². The molecule has 1 atom stereocenters. The molecule has 28 heavy (non-hydrogen) atoms. The minimum absolute atomic E-state index is 0.0540. The van der Waals surface area contributed by atoms with E-state index in [0.717, 1.165) is 6.42 Å². The Bertz CT molecular complexity index is 789. The Morgan fingerprint density at radius 3 is 2.71 bits per heavy atom. The second-order valence-electron chi connectivity index (χ2n) is 6.43. The fraction of sp³-hybridized carbons (Fsp3) is 0.588. The summed E-state index contributed by atoms with van der Waals surface area (Å²) in [5.74, 6) is 1.22. The molecule has 1 saturated heterocycles. The van der Waals surface area contributed by atoms with Crippen LogP contribution in [0.3, 0.4) is 0 Å². The molecule has 0 bridgehead atoms. The SMILES string of the molecule is CN=C(NCc1cc(OC)ccc1OC(F)F)NCC1CCN(S(C)(=O)=O)C1. The number of benzene rings is 1. The third-order valence-corrected chi connectivity index (χ3v) is 5.70. The molecule has 0 amide bonds. The monoisotopic (exact) mass is 420 g/mol. The quantitative estimate of drug-likeness (QED) is 0.486. The van der Waals surface area contributed by atoms with E-state index in [-0.39, 0.29) is 18.2 Å². The normalized spacial score (nSPS) is 18.4. The third-order valence-electron chi connectivity index (χ3n) is 4.43. The Labute approximate surface area is 164 Å². The van der Waals surface area contributed by atoms with E-state index >= 15 is 0 Å². The van der Waals surface area contributed by atoms with Crippen LogP contribution in [0.25, 0.3) is 0 Å². The van der Waals surface area contributed by atoms with Crippen molar-refractivity contribution in [2.45, 2.75) is 19.6 Å². The molecule has 11 heteroatoms. The zero-order chi connectivity index (χ0) is 20.7. The first-order valence-electron chi connectivity index (χ1n) is 8.74. The number of nitrogens with zero attached hydrogens (tertiary/aromatic N) is 2. The lowest BCUT2D eigenvalue weighted by molar-refractivity contribution is -0.0505. The minimum atomic E-state index is -3.17. The van der Waals surface area contributed by atoms with Gasteiger partial charge in [0, 0.05) is 38.8 Å². The summed E-state index contributed by atoms with van der Waals surface area (Å²) in [7, 11) is -0.0942. The fourth-order valence-corrected chi connectivity index (χ4v) is 3.86. The molecule has 1 aliphatic heterocycles. The van der Waals surface area contributed by atoms with Crippen LogP contribution < -0.4 is 20.1 Å². The molecule has 8 nitrogen and oxygen atoms in total. The largest absolute Gasteiger partial charge is 0.497 e. The maximum atomic E-state index is 12.6. The molecule has 0 aliphatic carbocycles. The van der Waals surface area contributed by atoms with Crippen molar-refractivity contribution in [3.63, 3.8) is 0 Å². The molecule has 1 heterocycles. The number of alkyl halides is 2. The number of halogens is 2. The number of aliphatic imine (C=N–C) groups is 1. The number of sulfonamides is 1. The van der Waals surface area contributed by atoms with Gasteiger partial charge < -0.3 is 20.1 Å². The lowest BCUT2D eigenvalue weighted by Gasteiger charge is -2.17. The molecular weight excluding hydrogens is 394 g/mol. The molecule has 1 aromatic rings. The highest BCUT2D eigenvalue weighted by Crippen LogP contribution is 2.25. The second kappa shape index (κ2) is 9.87. The van der Waals surface area contributed by atoms with Gasteiger partial charge in [0.05, 0.1) is 13.4 Å². The molecule has 0 aromatic heterocycles. The summed E-state index contributed by atoms with van der Waals surface area (Å²) in [6.45, 7) is -1.21. The van der Waals surface area contributed by atoms with E-state index in [0.29, 0.717) is 36.9 Å². The van der Waals surface area contributed by atoms with E-state index < -0.39 is 16.6 Å². The van der Waals surface area contributed by atoms with E-state index in [4.69, 9.17) is 4.74 Å². The van der Waals surface area contributed by atoms with Gasteiger partial charge >= 0.3 is 6.61 Å². The van der Waals surface area contributed by atoms with Crippen LogP contribution in [0.5, 0.6) is 11.5 Å². The van der Waals surface area contributed by atoms with Crippen LogP contribution in [0.2, 0.25) is 0 Å². The minimum Gasteiger partial charge on any atom is -0.497 e. The van der Waals surface area contributed by atoms with Gasteiger partial charge in [-0.2, -0.15) is 8.78 Å². The highest BCUT2D eigenvalue weighted by atomic mass is 32.2. The molecule has 158 valence electrons. The van der Waals surface area contributed by atoms with Gasteiger partial charge in [-0.05, 0) is 30.5 Å². The summed E-state index contributed by atoms with van der Waals surface area (Å²) in [6, 6.07) is 4.58. The fourth-order valence-electron chi connectivity index (χ4n) is 2.94. The highest BCUT2D eigenvalue weighted by Gasteiger charge is 2.28. The first-order valence-corrected chi connectivity index (χ1v) is 10.6. The number of hydrogen-bond acceptors (Lipinski definition) is 5. The van der Waals surface area contributed by atoms with Gasteiger partial charge in [0.2, 0.25) is 10.0 Å². The number of methoxy groups -OCH3 is 1. The second-order valence-corrected chi connectivity index (χ2v) is 8.42. The maximum Gasteiger partial charge on any atom is 0.387 e. The number of rotatable bonds is 8. The summed E-state index contributed by atoms with van der Waals surface area (Å²) >= 11 is 0. The van der Waals surface area contributed by atoms with E-state index in [2.05, 4.69) is 20.4 Å². The van der Waals surface area contributed by atoms with Crippen LogP contribution >= 0.6 is 0 Å². The molecule has 0 radical (unpaired) electrons. The van der Waals surface area contributed by atoms with Crippen molar-refractivity contribution >= 4 is 16.0 Å². The average molecular weight is 420 g/mol. The molecule has 1 fully saturated rings. The molecule has 1 aliphatic rings.